The van der Waals surface area contributed by atoms with Crippen molar-refractivity contribution < 1.29 is 9.47 Å². The summed E-state index contributed by atoms with van der Waals surface area (Å²) in [6, 6.07) is 0. The van der Waals surface area contributed by atoms with E-state index in [0.29, 0.717) is 0 Å². The van der Waals surface area contributed by atoms with Crippen molar-refractivity contribution in [3.8, 4) is 0 Å². The highest BCUT2D eigenvalue weighted by molar-refractivity contribution is 4.58. The summed E-state index contributed by atoms with van der Waals surface area (Å²) in [5.41, 5.74) is 0. The third kappa shape index (κ3) is 14.1. The van der Waals surface area contributed by atoms with E-state index in [2.05, 4.69) is 10.2 Å². The SMILES string of the molecule is CCOCCN(CCCCCCNC)CCOCC. The molecule has 4 heteroatoms. The second-order valence-corrected chi connectivity index (χ2v) is 4.75. The Morgan fingerprint density at radius 2 is 1.37 bits per heavy atom. The zero-order valence-corrected chi connectivity index (χ0v) is 13.2. The first-order valence-electron chi connectivity index (χ1n) is 7.87. The van der Waals surface area contributed by atoms with Crippen molar-refractivity contribution in [2.24, 2.45) is 0 Å². The van der Waals surface area contributed by atoms with Crippen molar-refractivity contribution >= 4 is 0 Å². The van der Waals surface area contributed by atoms with Crippen molar-refractivity contribution in [3.63, 3.8) is 0 Å². The van der Waals surface area contributed by atoms with E-state index in [1.165, 1.54) is 32.2 Å². The lowest BCUT2D eigenvalue weighted by atomic mass is 10.2. The van der Waals surface area contributed by atoms with Gasteiger partial charge in [-0.1, -0.05) is 12.8 Å². The smallest absolute Gasteiger partial charge is 0.0593 e. The third-order valence-electron chi connectivity index (χ3n) is 3.16. The van der Waals surface area contributed by atoms with Gasteiger partial charge < -0.3 is 14.8 Å². The summed E-state index contributed by atoms with van der Waals surface area (Å²) in [6.45, 7) is 11.7. The zero-order chi connectivity index (χ0) is 14.2. The summed E-state index contributed by atoms with van der Waals surface area (Å²) in [5.74, 6) is 0. The number of hydrogen-bond acceptors (Lipinski definition) is 4. The van der Waals surface area contributed by atoms with Gasteiger partial charge in [0, 0.05) is 26.3 Å². The van der Waals surface area contributed by atoms with Crippen LogP contribution in [-0.2, 0) is 9.47 Å². The number of nitrogens with zero attached hydrogens (tertiary/aromatic N) is 1. The molecule has 0 aromatic heterocycles. The highest BCUT2D eigenvalue weighted by Gasteiger charge is 2.04. The Morgan fingerprint density at radius 3 is 1.89 bits per heavy atom. The van der Waals surface area contributed by atoms with Crippen molar-refractivity contribution in [2.75, 3.05) is 59.7 Å². The van der Waals surface area contributed by atoms with Crippen LogP contribution in [0.25, 0.3) is 0 Å². The lowest BCUT2D eigenvalue weighted by Gasteiger charge is -2.22. The summed E-state index contributed by atoms with van der Waals surface area (Å²) < 4.78 is 10.9. The molecule has 0 amide bonds. The molecule has 0 aromatic carbocycles. The topological polar surface area (TPSA) is 33.7 Å². The molecule has 0 rings (SSSR count). The molecule has 0 aliphatic carbocycles. The van der Waals surface area contributed by atoms with Gasteiger partial charge in [-0.05, 0) is 46.8 Å². The molecule has 0 aliphatic heterocycles. The molecular formula is C15H34N2O2. The second-order valence-electron chi connectivity index (χ2n) is 4.75. The first kappa shape index (κ1) is 18.8. The van der Waals surface area contributed by atoms with Crippen LogP contribution in [0.2, 0.25) is 0 Å². The Kier molecular flexibility index (Phi) is 15.8. The first-order chi connectivity index (χ1) is 9.35. The van der Waals surface area contributed by atoms with E-state index in [1.807, 2.05) is 20.9 Å². The molecular weight excluding hydrogens is 240 g/mol. The minimum Gasteiger partial charge on any atom is -0.380 e. The van der Waals surface area contributed by atoms with Crippen LogP contribution >= 0.6 is 0 Å². The number of nitrogens with one attached hydrogen (secondary N) is 1. The molecule has 0 fully saturated rings. The van der Waals surface area contributed by atoms with Crippen molar-refractivity contribution in [1.29, 1.82) is 0 Å². The van der Waals surface area contributed by atoms with E-state index in [-0.39, 0.29) is 0 Å². The number of ether oxygens (including phenoxy) is 2. The van der Waals surface area contributed by atoms with E-state index in [1.54, 1.807) is 0 Å². The third-order valence-corrected chi connectivity index (χ3v) is 3.16. The highest BCUT2D eigenvalue weighted by atomic mass is 16.5. The van der Waals surface area contributed by atoms with Gasteiger partial charge in [0.15, 0.2) is 0 Å². The average Bonchev–Trinajstić information content (AvgIpc) is 2.42. The van der Waals surface area contributed by atoms with Crippen LogP contribution < -0.4 is 5.32 Å². The number of hydrogen-bond donors (Lipinski definition) is 1. The lowest BCUT2D eigenvalue weighted by Crippen LogP contribution is -2.32. The van der Waals surface area contributed by atoms with Gasteiger partial charge in [-0.15, -0.1) is 0 Å². The molecule has 1 N–H and O–H groups in total. The van der Waals surface area contributed by atoms with Crippen LogP contribution in [-0.4, -0.2) is 64.6 Å². The normalized spacial score (nSPS) is 11.4. The predicted octanol–water partition coefficient (Wildman–Crippen LogP) is 2.14. The Labute approximate surface area is 119 Å². The van der Waals surface area contributed by atoms with Crippen LogP contribution in [0.5, 0.6) is 0 Å². The molecule has 116 valence electrons. The van der Waals surface area contributed by atoms with Gasteiger partial charge >= 0.3 is 0 Å². The fourth-order valence-corrected chi connectivity index (χ4v) is 2.00. The minimum atomic E-state index is 0.809. The number of rotatable bonds is 15. The average molecular weight is 274 g/mol. The molecule has 0 bridgehead atoms. The van der Waals surface area contributed by atoms with Crippen molar-refractivity contribution in [3.05, 3.63) is 0 Å². The summed E-state index contributed by atoms with van der Waals surface area (Å²) in [6.07, 6.45) is 5.21. The molecule has 0 aliphatic rings. The van der Waals surface area contributed by atoms with E-state index in [9.17, 15) is 0 Å². The van der Waals surface area contributed by atoms with Crippen LogP contribution in [0.3, 0.4) is 0 Å². The Morgan fingerprint density at radius 1 is 0.789 bits per heavy atom. The molecule has 19 heavy (non-hydrogen) atoms. The van der Waals surface area contributed by atoms with Gasteiger partial charge in [0.25, 0.3) is 0 Å². The molecule has 0 radical (unpaired) electrons. The first-order valence-corrected chi connectivity index (χ1v) is 7.87. The molecule has 0 saturated heterocycles. The van der Waals surface area contributed by atoms with Gasteiger partial charge in [0.2, 0.25) is 0 Å². The van der Waals surface area contributed by atoms with E-state index < -0.39 is 0 Å². The zero-order valence-electron chi connectivity index (χ0n) is 13.2. The molecule has 0 heterocycles. The van der Waals surface area contributed by atoms with Crippen LogP contribution in [0.15, 0.2) is 0 Å². The summed E-state index contributed by atoms with van der Waals surface area (Å²) in [7, 11) is 2.02. The maximum atomic E-state index is 5.44. The summed E-state index contributed by atoms with van der Waals surface area (Å²) in [4.78, 5) is 2.46. The van der Waals surface area contributed by atoms with Gasteiger partial charge in [0.05, 0.1) is 13.2 Å². The maximum absolute atomic E-state index is 5.44. The second kappa shape index (κ2) is 15.9. The largest absolute Gasteiger partial charge is 0.380 e. The lowest BCUT2D eigenvalue weighted by molar-refractivity contribution is 0.0820. The maximum Gasteiger partial charge on any atom is 0.0593 e. The van der Waals surface area contributed by atoms with Gasteiger partial charge in [-0.25, -0.2) is 0 Å². The monoisotopic (exact) mass is 274 g/mol. The van der Waals surface area contributed by atoms with Crippen molar-refractivity contribution in [1.82, 2.24) is 10.2 Å². The Balaban J connectivity index is 3.58. The van der Waals surface area contributed by atoms with Crippen LogP contribution in [0, 0.1) is 0 Å². The van der Waals surface area contributed by atoms with Gasteiger partial charge in [0.1, 0.15) is 0 Å². The molecule has 4 nitrogen and oxygen atoms in total. The molecule has 0 saturated carbocycles. The van der Waals surface area contributed by atoms with E-state index in [4.69, 9.17) is 9.47 Å². The van der Waals surface area contributed by atoms with Crippen LogP contribution in [0.1, 0.15) is 39.5 Å². The van der Waals surface area contributed by atoms with Crippen molar-refractivity contribution in [2.45, 2.75) is 39.5 Å². The predicted molar refractivity (Wildman–Crippen MR) is 81.8 cm³/mol. The minimum absolute atomic E-state index is 0.809. The number of unbranched alkanes of at least 4 members (excludes halogenated alkanes) is 3. The van der Waals surface area contributed by atoms with Gasteiger partial charge in [-0.2, -0.15) is 0 Å². The standard InChI is InChI=1S/C15H34N2O2/c1-4-18-14-12-17(13-15-19-5-2)11-9-7-6-8-10-16-3/h16H,4-15H2,1-3H3. The molecule has 0 unspecified atom stereocenters. The molecule has 0 spiro atoms. The Hall–Kier alpha value is -0.160. The van der Waals surface area contributed by atoms with Crippen LogP contribution in [0.4, 0.5) is 0 Å². The summed E-state index contributed by atoms with van der Waals surface area (Å²) in [5, 5.41) is 3.19. The summed E-state index contributed by atoms with van der Waals surface area (Å²) >= 11 is 0. The Bertz CT molecular complexity index is 158. The van der Waals surface area contributed by atoms with E-state index in [0.717, 1.165) is 46.1 Å². The fourth-order valence-electron chi connectivity index (χ4n) is 2.00. The molecule has 0 aromatic rings. The fraction of sp³-hybridized carbons (Fsp3) is 1.00. The molecule has 0 atom stereocenters. The van der Waals surface area contributed by atoms with Gasteiger partial charge in [-0.3, -0.25) is 4.90 Å². The van der Waals surface area contributed by atoms with E-state index >= 15 is 0 Å². The quantitative estimate of drug-likeness (QED) is 0.464. The highest BCUT2D eigenvalue weighted by Crippen LogP contribution is 2.02.